The number of hydrogen-bond acceptors (Lipinski definition) is 2. The van der Waals surface area contributed by atoms with E-state index in [1.807, 2.05) is 0 Å². The summed E-state index contributed by atoms with van der Waals surface area (Å²) in [7, 11) is 0. The van der Waals surface area contributed by atoms with E-state index in [9.17, 15) is 9.59 Å². The third kappa shape index (κ3) is 10.0. The third-order valence-corrected chi connectivity index (χ3v) is 2.47. The average Bonchev–Trinajstić information content (AvgIpc) is 2.15. The van der Waals surface area contributed by atoms with Crippen LogP contribution in [0.4, 0.5) is 0 Å². The fourth-order valence-electron chi connectivity index (χ4n) is 1.18. The second-order valence-corrected chi connectivity index (χ2v) is 3.98. The molecule has 0 bridgehead atoms. The number of alkyl halides is 1. The van der Waals surface area contributed by atoms with Crippen LogP contribution >= 0.6 is 23.2 Å². The molecule has 0 aromatic heterocycles. The van der Waals surface area contributed by atoms with Crippen molar-refractivity contribution in [3.05, 3.63) is 0 Å². The molecule has 0 N–H and O–H groups in total. The Morgan fingerprint density at radius 3 is 1.86 bits per heavy atom. The van der Waals surface area contributed by atoms with Gasteiger partial charge in [0.25, 0.3) is 0 Å². The standard InChI is InChI=1S/C10H16Cl2O2/c11-8-9(13)6-4-2-1-3-5-7-10(12)14/h1-8H2. The van der Waals surface area contributed by atoms with Crippen LogP contribution in [0.1, 0.15) is 44.9 Å². The number of halogens is 2. The average molecular weight is 239 g/mol. The van der Waals surface area contributed by atoms with Gasteiger partial charge in [-0.3, -0.25) is 9.59 Å². The zero-order valence-electron chi connectivity index (χ0n) is 8.23. The van der Waals surface area contributed by atoms with Crippen LogP contribution in [0.3, 0.4) is 0 Å². The van der Waals surface area contributed by atoms with E-state index in [1.54, 1.807) is 0 Å². The molecule has 0 aromatic rings. The van der Waals surface area contributed by atoms with Gasteiger partial charge in [-0.1, -0.05) is 19.3 Å². The minimum Gasteiger partial charge on any atom is -0.298 e. The van der Waals surface area contributed by atoms with Crippen LogP contribution in [0.25, 0.3) is 0 Å². The Bertz CT molecular complexity index is 181. The highest BCUT2D eigenvalue weighted by molar-refractivity contribution is 6.63. The molecule has 0 atom stereocenters. The molecule has 0 aromatic carbocycles. The molecule has 14 heavy (non-hydrogen) atoms. The molecule has 0 saturated carbocycles. The molecule has 0 fully saturated rings. The number of carbonyl (C=O) groups is 2. The quantitative estimate of drug-likeness (QED) is 0.351. The van der Waals surface area contributed by atoms with Crippen LogP contribution < -0.4 is 0 Å². The van der Waals surface area contributed by atoms with Crippen LogP contribution in [0.5, 0.6) is 0 Å². The lowest BCUT2D eigenvalue weighted by Crippen LogP contribution is -1.98. The van der Waals surface area contributed by atoms with Crippen molar-refractivity contribution < 1.29 is 9.59 Å². The summed E-state index contributed by atoms with van der Waals surface area (Å²) in [5, 5.41) is -0.262. The summed E-state index contributed by atoms with van der Waals surface area (Å²) in [6, 6.07) is 0. The fraction of sp³-hybridized carbons (Fsp3) is 0.800. The van der Waals surface area contributed by atoms with Gasteiger partial charge in [-0.15, -0.1) is 11.6 Å². The first-order valence-corrected chi connectivity index (χ1v) is 5.84. The number of carbonyl (C=O) groups excluding carboxylic acids is 2. The highest BCUT2D eigenvalue weighted by atomic mass is 35.5. The van der Waals surface area contributed by atoms with E-state index in [2.05, 4.69) is 0 Å². The molecular weight excluding hydrogens is 223 g/mol. The molecule has 0 aliphatic rings. The largest absolute Gasteiger partial charge is 0.298 e. The first-order chi connectivity index (χ1) is 6.66. The predicted octanol–water partition coefficient (Wildman–Crippen LogP) is 3.29. The van der Waals surface area contributed by atoms with Crippen molar-refractivity contribution in [2.75, 3.05) is 5.88 Å². The van der Waals surface area contributed by atoms with Gasteiger partial charge < -0.3 is 0 Å². The van der Waals surface area contributed by atoms with Crippen LogP contribution in [0, 0.1) is 0 Å². The molecular formula is C10H16Cl2O2. The molecule has 0 rings (SSSR count). The Morgan fingerprint density at radius 1 is 0.857 bits per heavy atom. The minimum absolute atomic E-state index is 0.114. The molecule has 0 saturated heterocycles. The van der Waals surface area contributed by atoms with E-state index < -0.39 is 0 Å². The maximum absolute atomic E-state index is 10.8. The van der Waals surface area contributed by atoms with Crippen molar-refractivity contribution in [1.82, 2.24) is 0 Å². The smallest absolute Gasteiger partial charge is 0.221 e. The van der Waals surface area contributed by atoms with Gasteiger partial charge in [0, 0.05) is 12.8 Å². The Labute approximate surface area is 95.0 Å². The van der Waals surface area contributed by atoms with Gasteiger partial charge in [-0.2, -0.15) is 0 Å². The predicted molar refractivity (Wildman–Crippen MR) is 58.9 cm³/mol. The third-order valence-electron chi connectivity index (χ3n) is 1.98. The van der Waals surface area contributed by atoms with Gasteiger partial charge in [-0.25, -0.2) is 0 Å². The normalized spacial score (nSPS) is 10.1. The summed E-state index contributed by atoms with van der Waals surface area (Å²) < 4.78 is 0. The number of hydrogen-bond donors (Lipinski definition) is 0. The maximum Gasteiger partial charge on any atom is 0.221 e. The Hall–Kier alpha value is -0.0800. The first kappa shape index (κ1) is 13.9. The molecule has 0 amide bonds. The van der Waals surface area contributed by atoms with Gasteiger partial charge in [-0.05, 0) is 24.4 Å². The van der Waals surface area contributed by atoms with E-state index in [0.29, 0.717) is 12.8 Å². The second-order valence-electron chi connectivity index (χ2n) is 3.30. The van der Waals surface area contributed by atoms with Crippen molar-refractivity contribution in [2.24, 2.45) is 0 Å². The summed E-state index contributed by atoms with van der Waals surface area (Å²) in [6.45, 7) is 0. The lowest BCUT2D eigenvalue weighted by atomic mass is 10.1. The van der Waals surface area contributed by atoms with Crippen LogP contribution in [-0.4, -0.2) is 16.9 Å². The zero-order valence-corrected chi connectivity index (χ0v) is 9.74. The lowest BCUT2D eigenvalue weighted by Gasteiger charge is -1.98. The van der Waals surface area contributed by atoms with E-state index in [0.717, 1.165) is 32.1 Å². The fourth-order valence-corrected chi connectivity index (χ4v) is 1.45. The summed E-state index contributed by atoms with van der Waals surface area (Å²) in [5.41, 5.74) is 0. The van der Waals surface area contributed by atoms with E-state index >= 15 is 0 Å². The van der Waals surface area contributed by atoms with Gasteiger partial charge in [0.1, 0.15) is 5.78 Å². The monoisotopic (exact) mass is 238 g/mol. The maximum atomic E-state index is 10.8. The van der Waals surface area contributed by atoms with E-state index in [4.69, 9.17) is 23.2 Å². The summed E-state index contributed by atoms with van der Waals surface area (Å²) >= 11 is 10.5. The van der Waals surface area contributed by atoms with Crippen molar-refractivity contribution in [3.8, 4) is 0 Å². The Morgan fingerprint density at radius 2 is 1.36 bits per heavy atom. The van der Waals surface area contributed by atoms with Crippen LogP contribution in [0.15, 0.2) is 0 Å². The van der Waals surface area contributed by atoms with Gasteiger partial charge in [0.05, 0.1) is 5.88 Å². The first-order valence-electron chi connectivity index (χ1n) is 4.93. The molecule has 0 aliphatic carbocycles. The molecule has 0 unspecified atom stereocenters. The molecule has 0 radical (unpaired) electrons. The number of unbranched alkanes of at least 4 members (excludes halogenated alkanes) is 4. The van der Waals surface area contributed by atoms with Crippen molar-refractivity contribution in [2.45, 2.75) is 44.9 Å². The highest BCUT2D eigenvalue weighted by Gasteiger charge is 1.99. The minimum atomic E-state index is -0.262. The van der Waals surface area contributed by atoms with E-state index in [1.165, 1.54) is 0 Å². The number of ketones is 1. The molecule has 4 heteroatoms. The molecule has 0 spiro atoms. The second kappa shape index (κ2) is 9.47. The number of rotatable bonds is 9. The molecule has 0 heterocycles. The summed E-state index contributed by atoms with van der Waals surface area (Å²) in [6.07, 6.45) is 5.89. The lowest BCUT2D eigenvalue weighted by molar-refractivity contribution is -0.116. The Balaban J connectivity index is 3.06. The van der Waals surface area contributed by atoms with Gasteiger partial charge in [0.2, 0.25) is 5.24 Å². The van der Waals surface area contributed by atoms with Crippen molar-refractivity contribution >= 4 is 34.2 Å². The number of Topliss-reactive ketones (excluding diaryl/α,β-unsaturated/α-hetero) is 1. The van der Waals surface area contributed by atoms with Crippen LogP contribution in [0.2, 0.25) is 0 Å². The van der Waals surface area contributed by atoms with Gasteiger partial charge in [0.15, 0.2) is 0 Å². The highest BCUT2D eigenvalue weighted by Crippen LogP contribution is 2.08. The Kier molecular flexibility index (Phi) is 9.42. The summed E-state index contributed by atoms with van der Waals surface area (Å²) in [4.78, 5) is 21.2. The van der Waals surface area contributed by atoms with Gasteiger partial charge >= 0.3 is 0 Å². The molecule has 0 aliphatic heterocycles. The van der Waals surface area contributed by atoms with Crippen molar-refractivity contribution in [3.63, 3.8) is 0 Å². The summed E-state index contributed by atoms with van der Waals surface area (Å²) in [5.74, 6) is 0.239. The van der Waals surface area contributed by atoms with Crippen molar-refractivity contribution in [1.29, 1.82) is 0 Å². The zero-order chi connectivity index (χ0) is 10.8. The molecule has 82 valence electrons. The molecule has 2 nitrogen and oxygen atoms in total. The topological polar surface area (TPSA) is 34.1 Å². The van der Waals surface area contributed by atoms with Crippen LogP contribution in [-0.2, 0) is 9.59 Å². The van der Waals surface area contributed by atoms with E-state index in [-0.39, 0.29) is 16.9 Å². The SMILES string of the molecule is O=C(Cl)CCCCCCCC(=O)CCl.